The number of carbonyl (C=O) groups excluding carboxylic acids is 1. The van der Waals surface area contributed by atoms with Gasteiger partial charge in [0, 0.05) is 22.7 Å². The summed E-state index contributed by atoms with van der Waals surface area (Å²) in [6, 6.07) is 8.45. The quantitative estimate of drug-likeness (QED) is 0.793. The maximum atomic E-state index is 12.0. The number of carbonyl (C=O) groups is 1. The van der Waals surface area contributed by atoms with Gasteiger partial charge in [0.25, 0.3) is 0 Å². The number of hydrogen-bond acceptors (Lipinski definition) is 3. The summed E-state index contributed by atoms with van der Waals surface area (Å²) < 4.78 is 1.07. The molecule has 2 rings (SSSR count). The summed E-state index contributed by atoms with van der Waals surface area (Å²) in [5.41, 5.74) is 0.901. The minimum atomic E-state index is 0.0759. The summed E-state index contributed by atoms with van der Waals surface area (Å²) in [7, 11) is 2.00. The molecule has 1 saturated heterocycles. The van der Waals surface area contributed by atoms with Gasteiger partial charge in [-0.2, -0.15) is 0 Å². The number of piperidine rings is 1. The maximum Gasteiger partial charge on any atom is 0.238 e. The van der Waals surface area contributed by atoms with E-state index in [2.05, 4.69) is 38.1 Å². The van der Waals surface area contributed by atoms with Gasteiger partial charge >= 0.3 is 0 Å². The highest BCUT2D eigenvalue weighted by atomic mass is 127. The second-order valence-electron chi connectivity index (χ2n) is 4.87. The van der Waals surface area contributed by atoms with Gasteiger partial charge < -0.3 is 10.6 Å². The summed E-state index contributed by atoms with van der Waals surface area (Å²) in [6.07, 6.45) is 2.24. The predicted octanol–water partition coefficient (Wildman–Crippen LogP) is 1.91. The van der Waals surface area contributed by atoms with Gasteiger partial charge in [0.15, 0.2) is 0 Å². The van der Waals surface area contributed by atoms with Gasteiger partial charge in [-0.3, -0.25) is 9.69 Å². The molecule has 5 heteroatoms. The third-order valence-corrected chi connectivity index (χ3v) is 4.45. The van der Waals surface area contributed by atoms with Crippen molar-refractivity contribution >= 4 is 34.2 Å². The first-order valence-corrected chi connectivity index (χ1v) is 7.71. The molecule has 104 valence electrons. The molecule has 0 bridgehead atoms. The summed E-state index contributed by atoms with van der Waals surface area (Å²) >= 11 is 2.24. The Kier molecular flexibility index (Phi) is 5.59. The fourth-order valence-electron chi connectivity index (χ4n) is 2.34. The summed E-state index contributed by atoms with van der Waals surface area (Å²) in [5, 5.41) is 6.28. The van der Waals surface area contributed by atoms with Gasteiger partial charge in [0.2, 0.25) is 5.91 Å². The van der Waals surface area contributed by atoms with Crippen molar-refractivity contribution in [3.8, 4) is 0 Å². The number of hydrogen-bond donors (Lipinski definition) is 2. The van der Waals surface area contributed by atoms with Gasteiger partial charge in [-0.15, -0.1) is 0 Å². The highest BCUT2D eigenvalue weighted by Gasteiger charge is 2.19. The largest absolute Gasteiger partial charge is 0.324 e. The van der Waals surface area contributed by atoms with Crippen LogP contribution in [-0.2, 0) is 4.79 Å². The number of rotatable bonds is 4. The highest BCUT2D eigenvalue weighted by Crippen LogP contribution is 2.17. The van der Waals surface area contributed by atoms with Gasteiger partial charge in [-0.05, 0) is 54.6 Å². The number of likely N-dealkylation sites (tertiary alicyclic amines) is 1. The second-order valence-corrected chi connectivity index (χ2v) is 6.03. The van der Waals surface area contributed by atoms with Crippen molar-refractivity contribution < 1.29 is 4.79 Å². The molecule has 0 unspecified atom stereocenters. The average Bonchev–Trinajstić information content (AvgIpc) is 2.42. The zero-order valence-corrected chi connectivity index (χ0v) is 13.3. The first kappa shape index (κ1) is 14.7. The Morgan fingerprint density at radius 2 is 2.05 bits per heavy atom. The van der Waals surface area contributed by atoms with Gasteiger partial charge in [0.05, 0.1) is 12.2 Å². The first-order valence-electron chi connectivity index (χ1n) is 6.63. The molecule has 0 aromatic heterocycles. The van der Waals surface area contributed by atoms with E-state index in [1.54, 1.807) is 0 Å². The molecule has 0 atom stereocenters. The van der Waals surface area contributed by atoms with E-state index in [0.29, 0.717) is 12.6 Å². The molecule has 4 nitrogen and oxygen atoms in total. The van der Waals surface area contributed by atoms with E-state index in [1.807, 2.05) is 31.3 Å². The Morgan fingerprint density at radius 1 is 1.37 bits per heavy atom. The molecule has 1 aliphatic rings. The number of anilines is 1. The maximum absolute atomic E-state index is 12.0. The topological polar surface area (TPSA) is 44.4 Å². The minimum Gasteiger partial charge on any atom is -0.324 e. The number of para-hydroxylation sites is 1. The third kappa shape index (κ3) is 4.43. The predicted molar refractivity (Wildman–Crippen MR) is 86.3 cm³/mol. The zero-order valence-electron chi connectivity index (χ0n) is 11.2. The van der Waals surface area contributed by atoms with Crippen LogP contribution in [0.2, 0.25) is 0 Å². The molecular weight excluding hydrogens is 353 g/mol. The fraction of sp³-hybridized carbons (Fsp3) is 0.500. The van der Waals surface area contributed by atoms with Crippen LogP contribution in [0.4, 0.5) is 5.69 Å². The van der Waals surface area contributed by atoms with Gasteiger partial charge in [0.1, 0.15) is 0 Å². The molecule has 0 spiro atoms. The van der Waals surface area contributed by atoms with Crippen LogP contribution in [0.25, 0.3) is 0 Å². The Labute approximate surface area is 128 Å². The van der Waals surface area contributed by atoms with Crippen molar-refractivity contribution in [2.24, 2.45) is 0 Å². The van der Waals surface area contributed by atoms with Crippen LogP contribution in [0, 0.1) is 3.57 Å². The van der Waals surface area contributed by atoms with E-state index < -0.39 is 0 Å². The fourth-order valence-corrected chi connectivity index (χ4v) is 2.86. The van der Waals surface area contributed by atoms with Crippen LogP contribution in [0.5, 0.6) is 0 Å². The van der Waals surface area contributed by atoms with E-state index >= 15 is 0 Å². The van der Waals surface area contributed by atoms with E-state index in [0.717, 1.165) is 35.2 Å². The SMILES string of the molecule is CNC1CCN(CC(=O)Nc2ccccc2I)CC1. The minimum absolute atomic E-state index is 0.0759. The van der Waals surface area contributed by atoms with E-state index in [4.69, 9.17) is 0 Å². The lowest BCUT2D eigenvalue weighted by Crippen LogP contribution is -2.44. The lowest BCUT2D eigenvalue weighted by atomic mass is 10.1. The summed E-state index contributed by atoms with van der Waals surface area (Å²) in [5.74, 6) is 0.0759. The Bertz CT molecular complexity index is 430. The highest BCUT2D eigenvalue weighted by molar-refractivity contribution is 14.1. The molecule has 0 saturated carbocycles. The number of nitrogens with zero attached hydrogens (tertiary/aromatic N) is 1. The zero-order chi connectivity index (χ0) is 13.7. The Balaban J connectivity index is 1.81. The molecule has 0 aliphatic carbocycles. The number of nitrogens with one attached hydrogen (secondary N) is 2. The summed E-state index contributed by atoms with van der Waals surface area (Å²) in [6.45, 7) is 2.47. The molecule has 1 amide bonds. The molecule has 2 N–H and O–H groups in total. The van der Waals surface area contributed by atoms with Crippen LogP contribution >= 0.6 is 22.6 Å². The molecule has 1 heterocycles. The lowest BCUT2D eigenvalue weighted by Gasteiger charge is -2.31. The Hall–Kier alpha value is -0.660. The smallest absolute Gasteiger partial charge is 0.238 e. The van der Waals surface area contributed by atoms with Crippen LogP contribution in [0.15, 0.2) is 24.3 Å². The average molecular weight is 373 g/mol. The second kappa shape index (κ2) is 7.21. The van der Waals surface area contributed by atoms with Crippen molar-refractivity contribution in [2.45, 2.75) is 18.9 Å². The molecule has 1 aromatic rings. The van der Waals surface area contributed by atoms with Gasteiger partial charge in [-0.25, -0.2) is 0 Å². The Morgan fingerprint density at radius 3 is 2.68 bits per heavy atom. The van der Waals surface area contributed by atoms with E-state index in [9.17, 15) is 4.79 Å². The number of amides is 1. The molecule has 1 fully saturated rings. The van der Waals surface area contributed by atoms with Crippen molar-refractivity contribution in [3.05, 3.63) is 27.8 Å². The first-order chi connectivity index (χ1) is 9.19. The molecule has 1 aromatic carbocycles. The van der Waals surface area contributed by atoms with Gasteiger partial charge in [-0.1, -0.05) is 12.1 Å². The van der Waals surface area contributed by atoms with Crippen molar-refractivity contribution in [1.82, 2.24) is 10.2 Å². The molecule has 19 heavy (non-hydrogen) atoms. The van der Waals surface area contributed by atoms with Crippen LogP contribution in [0.3, 0.4) is 0 Å². The molecular formula is C14H20IN3O. The lowest BCUT2D eigenvalue weighted by molar-refractivity contribution is -0.117. The van der Waals surface area contributed by atoms with E-state index in [-0.39, 0.29) is 5.91 Å². The van der Waals surface area contributed by atoms with E-state index in [1.165, 1.54) is 0 Å². The standard InChI is InChI=1S/C14H20IN3O/c1-16-11-6-8-18(9-7-11)10-14(19)17-13-5-3-2-4-12(13)15/h2-5,11,16H,6-10H2,1H3,(H,17,19). The molecule has 0 radical (unpaired) electrons. The van der Waals surface area contributed by atoms with Crippen molar-refractivity contribution in [3.63, 3.8) is 0 Å². The summed E-state index contributed by atoms with van der Waals surface area (Å²) in [4.78, 5) is 14.2. The third-order valence-electron chi connectivity index (χ3n) is 3.51. The van der Waals surface area contributed by atoms with Crippen molar-refractivity contribution in [2.75, 3.05) is 32.0 Å². The van der Waals surface area contributed by atoms with Crippen LogP contribution < -0.4 is 10.6 Å². The van der Waals surface area contributed by atoms with Crippen LogP contribution in [0.1, 0.15) is 12.8 Å². The monoisotopic (exact) mass is 373 g/mol. The van der Waals surface area contributed by atoms with Crippen molar-refractivity contribution in [1.29, 1.82) is 0 Å². The number of benzene rings is 1. The molecule has 1 aliphatic heterocycles. The number of halogens is 1. The normalized spacial score (nSPS) is 17.4. The van der Waals surface area contributed by atoms with Crippen LogP contribution in [-0.4, -0.2) is 43.5 Å².